The van der Waals surface area contributed by atoms with Crippen LogP contribution >= 0.6 is 0 Å². The molecule has 0 aromatic carbocycles. The van der Waals surface area contributed by atoms with Gasteiger partial charge in [0.05, 0.1) is 0 Å². The zero-order chi connectivity index (χ0) is 12.3. The molecule has 0 aromatic rings. The van der Waals surface area contributed by atoms with Gasteiger partial charge >= 0.3 is 5.97 Å². The Kier molecular flexibility index (Phi) is 4.29. The van der Waals surface area contributed by atoms with Crippen molar-refractivity contribution in [2.75, 3.05) is 13.1 Å². The molecule has 1 saturated heterocycles. The van der Waals surface area contributed by atoms with Gasteiger partial charge in [-0.25, -0.2) is 4.79 Å². The summed E-state index contributed by atoms with van der Waals surface area (Å²) in [5.41, 5.74) is 5.52. The lowest BCUT2D eigenvalue weighted by Crippen LogP contribution is -2.46. The highest BCUT2D eigenvalue weighted by molar-refractivity contribution is 5.85. The number of hydrogen-bond acceptors (Lipinski definition) is 3. The van der Waals surface area contributed by atoms with Gasteiger partial charge in [0.2, 0.25) is 5.91 Å². The van der Waals surface area contributed by atoms with Gasteiger partial charge in [-0.1, -0.05) is 20.3 Å². The first kappa shape index (κ1) is 13.0. The molecule has 1 aliphatic rings. The fraction of sp³-hybridized carbons (Fsp3) is 0.818. The molecule has 0 spiro atoms. The normalized spacial score (nSPS) is 24.6. The number of carbonyl (C=O) groups is 2. The molecule has 1 heterocycles. The Morgan fingerprint density at radius 2 is 2.31 bits per heavy atom. The van der Waals surface area contributed by atoms with Crippen molar-refractivity contribution < 1.29 is 14.7 Å². The lowest BCUT2D eigenvalue weighted by atomic mass is 9.98. The van der Waals surface area contributed by atoms with Crippen LogP contribution in [-0.2, 0) is 9.59 Å². The minimum absolute atomic E-state index is 0.0297. The van der Waals surface area contributed by atoms with Crippen molar-refractivity contribution in [3.8, 4) is 0 Å². The van der Waals surface area contributed by atoms with Crippen LogP contribution in [0.4, 0.5) is 0 Å². The Balaban J connectivity index is 2.80. The maximum atomic E-state index is 11.7. The first-order chi connectivity index (χ1) is 7.51. The van der Waals surface area contributed by atoms with E-state index in [1.807, 2.05) is 13.8 Å². The highest BCUT2D eigenvalue weighted by Crippen LogP contribution is 2.24. The van der Waals surface area contributed by atoms with Crippen molar-refractivity contribution in [3.05, 3.63) is 0 Å². The Hall–Kier alpha value is -1.10. The molecule has 1 aliphatic heterocycles. The molecule has 0 aliphatic carbocycles. The van der Waals surface area contributed by atoms with Gasteiger partial charge in [0, 0.05) is 13.0 Å². The van der Waals surface area contributed by atoms with Crippen molar-refractivity contribution in [2.24, 2.45) is 17.6 Å². The Morgan fingerprint density at radius 1 is 1.69 bits per heavy atom. The molecule has 0 saturated carbocycles. The zero-order valence-electron chi connectivity index (χ0n) is 9.85. The topological polar surface area (TPSA) is 83.6 Å². The van der Waals surface area contributed by atoms with E-state index in [1.165, 1.54) is 4.90 Å². The standard InChI is InChI=1S/C11H20N2O3/c1-3-7(2)10(11(15)16)13-6-8(5-12)4-9(13)14/h7-8,10H,3-6,12H2,1-2H3,(H,15,16)/t7-,8?,10+/m0/s1. The van der Waals surface area contributed by atoms with E-state index < -0.39 is 12.0 Å². The number of rotatable bonds is 5. The van der Waals surface area contributed by atoms with Gasteiger partial charge in [-0.05, 0) is 18.4 Å². The van der Waals surface area contributed by atoms with E-state index in [1.54, 1.807) is 0 Å². The van der Waals surface area contributed by atoms with Crippen LogP contribution < -0.4 is 5.73 Å². The van der Waals surface area contributed by atoms with Gasteiger partial charge in [-0.15, -0.1) is 0 Å². The minimum atomic E-state index is -0.916. The second-order valence-electron chi connectivity index (χ2n) is 4.52. The van der Waals surface area contributed by atoms with E-state index in [4.69, 9.17) is 5.73 Å². The van der Waals surface area contributed by atoms with E-state index in [0.29, 0.717) is 19.5 Å². The Labute approximate surface area is 95.6 Å². The molecular formula is C11H20N2O3. The van der Waals surface area contributed by atoms with E-state index >= 15 is 0 Å². The van der Waals surface area contributed by atoms with Crippen molar-refractivity contribution in [1.29, 1.82) is 0 Å². The van der Waals surface area contributed by atoms with Crippen LogP contribution in [0.3, 0.4) is 0 Å². The summed E-state index contributed by atoms with van der Waals surface area (Å²) in [5, 5.41) is 9.19. The van der Waals surface area contributed by atoms with Crippen molar-refractivity contribution in [2.45, 2.75) is 32.7 Å². The molecule has 16 heavy (non-hydrogen) atoms. The summed E-state index contributed by atoms with van der Waals surface area (Å²) in [6.45, 7) is 4.72. The first-order valence-corrected chi connectivity index (χ1v) is 5.73. The molecule has 92 valence electrons. The third-order valence-electron chi connectivity index (χ3n) is 3.34. The number of nitrogens with two attached hydrogens (primary N) is 1. The smallest absolute Gasteiger partial charge is 0.326 e. The highest BCUT2D eigenvalue weighted by Gasteiger charge is 2.39. The summed E-state index contributed by atoms with van der Waals surface area (Å²) in [7, 11) is 0. The van der Waals surface area contributed by atoms with Crippen LogP contribution in [0.2, 0.25) is 0 Å². The summed E-state index contributed by atoms with van der Waals surface area (Å²) in [6.07, 6.45) is 1.13. The van der Waals surface area contributed by atoms with Gasteiger partial charge in [-0.2, -0.15) is 0 Å². The number of carboxylic acid groups (broad SMARTS) is 1. The predicted molar refractivity (Wildman–Crippen MR) is 59.8 cm³/mol. The number of nitrogens with zero attached hydrogens (tertiary/aromatic N) is 1. The SMILES string of the molecule is CC[C@H](C)[C@H](C(=O)O)N1CC(CN)CC1=O. The molecule has 1 amide bonds. The molecule has 1 fully saturated rings. The second-order valence-corrected chi connectivity index (χ2v) is 4.52. The Bertz CT molecular complexity index is 280. The molecule has 1 rings (SSSR count). The third kappa shape index (κ3) is 2.52. The molecule has 0 aromatic heterocycles. The summed E-state index contributed by atoms with van der Waals surface area (Å²) in [4.78, 5) is 24.4. The van der Waals surface area contributed by atoms with Crippen LogP contribution in [0.25, 0.3) is 0 Å². The van der Waals surface area contributed by atoms with Crippen molar-refractivity contribution >= 4 is 11.9 Å². The number of hydrogen-bond donors (Lipinski definition) is 2. The zero-order valence-corrected chi connectivity index (χ0v) is 9.85. The Morgan fingerprint density at radius 3 is 2.69 bits per heavy atom. The first-order valence-electron chi connectivity index (χ1n) is 5.73. The molecule has 3 atom stereocenters. The average molecular weight is 228 g/mol. The second kappa shape index (κ2) is 5.30. The summed E-state index contributed by atoms with van der Waals surface area (Å²) < 4.78 is 0. The van der Waals surface area contributed by atoms with E-state index in [-0.39, 0.29) is 17.7 Å². The van der Waals surface area contributed by atoms with Gasteiger partial charge < -0.3 is 15.7 Å². The highest BCUT2D eigenvalue weighted by atomic mass is 16.4. The average Bonchev–Trinajstić information content (AvgIpc) is 2.59. The number of amides is 1. The lowest BCUT2D eigenvalue weighted by Gasteiger charge is -2.29. The van der Waals surface area contributed by atoms with Crippen LogP contribution in [0.1, 0.15) is 26.7 Å². The monoisotopic (exact) mass is 228 g/mol. The number of carbonyl (C=O) groups excluding carboxylic acids is 1. The van der Waals surface area contributed by atoms with E-state index in [2.05, 4.69) is 0 Å². The van der Waals surface area contributed by atoms with Crippen molar-refractivity contribution in [3.63, 3.8) is 0 Å². The fourth-order valence-electron chi connectivity index (χ4n) is 2.14. The molecule has 5 heteroatoms. The number of aliphatic carboxylic acids is 1. The maximum absolute atomic E-state index is 11.7. The number of carboxylic acids is 1. The van der Waals surface area contributed by atoms with Gasteiger partial charge in [-0.3, -0.25) is 4.79 Å². The number of likely N-dealkylation sites (tertiary alicyclic amines) is 1. The molecule has 0 bridgehead atoms. The van der Waals surface area contributed by atoms with Crippen LogP contribution in [0.5, 0.6) is 0 Å². The van der Waals surface area contributed by atoms with Gasteiger partial charge in [0.25, 0.3) is 0 Å². The molecule has 0 radical (unpaired) electrons. The summed E-state index contributed by atoms with van der Waals surface area (Å²) >= 11 is 0. The van der Waals surface area contributed by atoms with Crippen LogP contribution in [0.15, 0.2) is 0 Å². The maximum Gasteiger partial charge on any atom is 0.326 e. The third-order valence-corrected chi connectivity index (χ3v) is 3.34. The molecule has 1 unspecified atom stereocenters. The van der Waals surface area contributed by atoms with E-state index in [9.17, 15) is 14.7 Å². The van der Waals surface area contributed by atoms with Gasteiger partial charge in [0.1, 0.15) is 6.04 Å². The van der Waals surface area contributed by atoms with Gasteiger partial charge in [0.15, 0.2) is 0 Å². The van der Waals surface area contributed by atoms with Crippen LogP contribution in [-0.4, -0.2) is 41.0 Å². The summed E-state index contributed by atoms with van der Waals surface area (Å²) in [6, 6.07) is -0.700. The molecule has 5 nitrogen and oxygen atoms in total. The molecular weight excluding hydrogens is 208 g/mol. The predicted octanol–water partition coefficient (Wildman–Crippen LogP) is 0.293. The molecule has 3 N–H and O–H groups in total. The van der Waals surface area contributed by atoms with Crippen LogP contribution in [0, 0.1) is 11.8 Å². The minimum Gasteiger partial charge on any atom is -0.480 e. The van der Waals surface area contributed by atoms with E-state index in [0.717, 1.165) is 6.42 Å². The lowest BCUT2D eigenvalue weighted by molar-refractivity contribution is -0.150. The quantitative estimate of drug-likeness (QED) is 0.708. The largest absolute Gasteiger partial charge is 0.480 e. The summed E-state index contributed by atoms with van der Waals surface area (Å²) in [5.74, 6) is -0.917. The van der Waals surface area contributed by atoms with Crippen molar-refractivity contribution in [1.82, 2.24) is 4.90 Å². The fourth-order valence-corrected chi connectivity index (χ4v) is 2.14.